The third-order valence-electron chi connectivity index (χ3n) is 3.17. The molecular formula is C12H14BrCl2NO2S. The van der Waals surface area contributed by atoms with Crippen molar-refractivity contribution >= 4 is 49.2 Å². The lowest BCUT2D eigenvalue weighted by atomic mass is 9.96. The standard InChI is InChI=1S/C12H14BrCl2NO2S/c13-8-5-6-12(10(15)7-8)19(17,18)16-11-4-2-1-3-9(11)14/h5-7,9,11,16H,1-4H2. The lowest BCUT2D eigenvalue weighted by molar-refractivity contribution is 0.418. The summed E-state index contributed by atoms with van der Waals surface area (Å²) in [5.74, 6) is 0. The van der Waals surface area contributed by atoms with Crippen LogP contribution in [0.4, 0.5) is 0 Å². The summed E-state index contributed by atoms with van der Waals surface area (Å²) in [7, 11) is -3.63. The predicted molar refractivity (Wildman–Crippen MR) is 81.4 cm³/mol. The second kappa shape index (κ2) is 6.31. The van der Waals surface area contributed by atoms with Crippen LogP contribution in [0.25, 0.3) is 0 Å². The molecule has 1 aliphatic carbocycles. The van der Waals surface area contributed by atoms with Gasteiger partial charge in [-0.05, 0) is 31.0 Å². The minimum atomic E-state index is -3.63. The Hall–Kier alpha value is 0.190. The fourth-order valence-electron chi connectivity index (χ4n) is 2.17. The lowest BCUT2D eigenvalue weighted by Crippen LogP contribution is -2.42. The summed E-state index contributed by atoms with van der Waals surface area (Å²) >= 11 is 15.4. The zero-order valence-corrected chi connectivity index (χ0v) is 14.0. The molecule has 0 saturated heterocycles. The summed E-state index contributed by atoms with van der Waals surface area (Å²) in [6.07, 6.45) is 3.64. The largest absolute Gasteiger partial charge is 0.242 e. The van der Waals surface area contributed by atoms with Gasteiger partial charge in [0.15, 0.2) is 0 Å². The van der Waals surface area contributed by atoms with Crippen LogP contribution in [0.1, 0.15) is 25.7 Å². The van der Waals surface area contributed by atoms with Gasteiger partial charge in [0, 0.05) is 15.9 Å². The highest BCUT2D eigenvalue weighted by Crippen LogP contribution is 2.28. The van der Waals surface area contributed by atoms with E-state index in [2.05, 4.69) is 20.7 Å². The summed E-state index contributed by atoms with van der Waals surface area (Å²) in [5.41, 5.74) is 0. The van der Waals surface area contributed by atoms with Crippen LogP contribution < -0.4 is 4.72 Å². The molecule has 0 heterocycles. The molecule has 1 fully saturated rings. The minimum absolute atomic E-state index is 0.0896. The van der Waals surface area contributed by atoms with Crippen LogP contribution in [0, 0.1) is 0 Å². The summed E-state index contributed by atoms with van der Waals surface area (Å²) in [6, 6.07) is 4.48. The van der Waals surface area contributed by atoms with Crippen molar-refractivity contribution in [3.8, 4) is 0 Å². The molecule has 3 nitrogen and oxygen atoms in total. The van der Waals surface area contributed by atoms with Crippen molar-refractivity contribution in [2.75, 3.05) is 0 Å². The Morgan fingerprint density at radius 1 is 1.26 bits per heavy atom. The first-order valence-corrected chi connectivity index (χ1v) is 9.10. The van der Waals surface area contributed by atoms with Crippen LogP contribution in [0.3, 0.4) is 0 Å². The van der Waals surface area contributed by atoms with Crippen LogP contribution >= 0.6 is 39.1 Å². The third kappa shape index (κ3) is 3.85. The van der Waals surface area contributed by atoms with Gasteiger partial charge >= 0.3 is 0 Å². The predicted octanol–water partition coefficient (Wildman–Crippen LogP) is 3.93. The zero-order valence-electron chi connectivity index (χ0n) is 10.1. The van der Waals surface area contributed by atoms with Gasteiger partial charge < -0.3 is 0 Å². The number of alkyl halides is 1. The highest BCUT2D eigenvalue weighted by atomic mass is 79.9. The highest BCUT2D eigenvalue weighted by Gasteiger charge is 2.29. The van der Waals surface area contributed by atoms with E-state index < -0.39 is 10.0 Å². The molecule has 2 unspecified atom stereocenters. The van der Waals surface area contributed by atoms with Crippen LogP contribution in [0.5, 0.6) is 0 Å². The molecule has 0 bridgehead atoms. The van der Waals surface area contributed by atoms with Gasteiger partial charge in [-0.1, -0.05) is 40.4 Å². The van der Waals surface area contributed by atoms with Gasteiger partial charge in [-0.2, -0.15) is 0 Å². The topological polar surface area (TPSA) is 46.2 Å². The molecule has 7 heteroatoms. The summed E-state index contributed by atoms with van der Waals surface area (Å²) in [5, 5.41) is 0.0431. The first-order valence-electron chi connectivity index (χ1n) is 6.01. The van der Waals surface area contributed by atoms with Crippen LogP contribution in [-0.2, 0) is 10.0 Å². The minimum Gasteiger partial charge on any atom is -0.207 e. The number of hydrogen-bond acceptors (Lipinski definition) is 2. The number of hydrogen-bond donors (Lipinski definition) is 1. The summed E-state index contributed by atoms with van der Waals surface area (Å²) in [6.45, 7) is 0. The number of sulfonamides is 1. The monoisotopic (exact) mass is 385 g/mol. The number of benzene rings is 1. The van der Waals surface area contributed by atoms with E-state index in [1.807, 2.05) is 0 Å². The molecule has 0 aliphatic heterocycles. The van der Waals surface area contributed by atoms with E-state index in [0.29, 0.717) is 0 Å². The van der Waals surface area contributed by atoms with Crippen molar-refractivity contribution in [2.45, 2.75) is 42.0 Å². The highest BCUT2D eigenvalue weighted by molar-refractivity contribution is 9.10. The molecule has 1 aromatic rings. The van der Waals surface area contributed by atoms with E-state index in [9.17, 15) is 8.42 Å². The second-order valence-electron chi connectivity index (χ2n) is 4.60. The van der Waals surface area contributed by atoms with Gasteiger partial charge in [-0.25, -0.2) is 13.1 Å². The Morgan fingerprint density at radius 3 is 2.58 bits per heavy atom. The van der Waals surface area contributed by atoms with Crippen LogP contribution in [0.15, 0.2) is 27.6 Å². The molecule has 0 radical (unpaired) electrons. The Morgan fingerprint density at radius 2 is 1.95 bits per heavy atom. The van der Waals surface area contributed by atoms with E-state index in [1.165, 1.54) is 6.07 Å². The summed E-state index contributed by atoms with van der Waals surface area (Å²) < 4.78 is 28.0. The van der Waals surface area contributed by atoms with Crippen molar-refractivity contribution in [1.29, 1.82) is 0 Å². The van der Waals surface area contributed by atoms with Gasteiger partial charge in [0.25, 0.3) is 0 Å². The Kier molecular flexibility index (Phi) is 5.17. The first kappa shape index (κ1) is 15.6. The van der Waals surface area contributed by atoms with Crippen molar-refractivity contribution in [1.82, 2.24) is 4.72 Å². The van der Waals surface area contributed by atoms with E-state index in [0.717, 1.165) is 30.2 Å². The average Bonchev–Trinajstić information content (AvgIpc) is 2.31. The van der Waals surface area contributed by atoms with Crippen molar-refractivity contribution in [3.05, 3.63) is 27.7 Å². The normalized spacial score (nSPS) is 24.4. The van der Waals surface area contributed by atoms with Crippen molar-refractivity contribution < 1.29 is 8.42 Å². The van der Waals surface area contributed by atoms with Gasteiger partial charge in [-0.3, -0.25) is 0 Å². The van der Waals surface area contributed by atoms with E-state index in [-0.39, 0.29) is 21.3 Å². The molecule has 19 heavy (non-hydrogen) atoms. The van der Waals surface area contributed by atoms with Crippen LogP contribution in [0.2, 0.25) is 5.02 Å². The zero-order chi connectivity index (χ0) is 14.0. The van der Waals surface area contributed by atoms with Gasteiger partial charge in [0.05, 0.1) is 5.02 Å². The molecule has 0 aromatic heterocycles. The maximum absolute atomic E-state index is 12.3. The van der Waals surface area contributed by atoms with E-state index >= 15 is 0 Å². The van der Waals surface area contributed by atoms with Crippen molar-refractivity contribution in [3.63, 3.8) is 0 Å². The van der Waals surface area contributed by atoms with Crippen molar-refractivity contribution in [2.24, 2.45) is 0 Å². The lowest BCUT2D eigenvalue weighted by Gasteiger charge is -2.27. The molecule has 1 saturated carbocycles. The molecule has 106 valence electrons. The van der Waals surface area contributed by atoms with Gasteiger partial charge in [0.2, 0.25) is 10.0 Å². The Bertz CT molecular complexity index is 565. The average molecular weight is 387 g/mol. The molecule has 1 aromatic carbocycles. The maximum atomic E-state index is 12.3. The number of rotatable bonds is 3. The quantitative estimate of drug-likeness (QED) is 0.800. The first-order chi connectivity index (χ1) is 8.90. The molecule has 0 amide bonds. The Balaban J connectivity index is 2.22. The Labute approximate surface area is 131 Å². The summed E-state index contributed by atoms with van der Waals surface area (Å²) in [4.78, 5) is 0.0896. The van der Waals surface area contributed by atoms with E-state index in [1.54, 1.807) is 12.1 Å². The van der Waals surface area contributed by atoms with Gasteiger partial charge in [0.1, 0.15) is 4.90 Å². The SMILES string of the molecule is O=S(=O)(NC1CCCCC1Cl)c1ccc(Br)cc1Cl. The molecule has 1 N–H and O–H groups in total. The second-order valence-corrected chi connectivity index (χ2v) is 8.17. The smallest absolute Gasteiger partial charge is 0.207 e. The molecule has 1 aliphatic rings. The number of nitrogens with one attached hydrogen (secondary N) is 1. The fraction of sp³-hybridized carbons (Fsp3) is 0.500. The fourth-order valence-corrected chi connectivity index (χ4v) is 4.94. The third-order valence-corrected chi connectivity index (χ3v) is 6.16. The maximum Gasteiger partial charge on any atom is 0.242 e. The van der Waals surface area contributed by atoms with Crippen LogP contribution in [-0.4, -0.2) is 19.8 Å². The molecular weight excluding hydrogens is 373 g/mol. The molecule has 2 atom stereocenters. The molecule has 2 rings (SSSR count). The van der Waals surface area contributed by atoms with Gasteiger partial charge in [-0.15, -0.1) is 11.6 Å². The number of halogens is 3. The molecule has 0 spiro atoms. The van der Waals surface area contributed by atoms with E-state index in [4.69, 9.17) is 23.2 Å².